The maximum Gasteiger partial charge on any atom is 0.354 e. The number of hydrogen-bond acceptors (Lipinski definition) is 7. The average molecular weight is 278 g/mol. The molecule has 0 bridgehead atoms. The number of nitrogens with zero attached hydrogens (tertiary/aromatic N) is 3. The number of benzene rings is 1. The molecule has 0 fully saturated rings. The number of halogens is 1. The van der Waals surface area contributed by atoms with E-state index in [0.29, 0.717) is 11.3 Å². The Morgan fingerprint density at radius 3 is 2.65 bits per heavy atom. The minimum atomic E-state index is -0.678. The zero-order valence-corrected chi connectivity index (χ0v) is 10.4. The second-order valence-corrected chi connectivity index (χ2v) is 3.91. The largest absolute Gasteiger partial charge is 0.354 e. The van der Waals surface area contributed by atoms with Gasteiger partial charge in [-0.3, -0.25) is 10.1 Å². The summed E-state index contributed by atoms with van der Waals surface area (Å²) in [6.45, 7) is 1.61. The van der Waals surface area contributed by atoms with Gasteiger partial charge in [-0.2, -0.15) is 0 Å². The number of nitrogens with one attached hydrogen (secondary N) is 2. The van der Waals surface area contributed by atoms with Gasteiger partial charge in [-0.1, -0.05) is 6.07 Å². The van der Waals surface area contributed by atoms with Gasteiger partial charge in [0.15, 0.2) is 0 Å². The molecule has 1 aromatic carbocycles. The summed E-state index contributed by atoms with van der Waals surface area (Å²) in [5.41, 5.74) is 2.50. The molecule has 4 N–H and O–H groups in total. The summed E-state index contributed by atoms with van der Waals surface area (Å²) >= 11 is 0. The van der Waals surface area contributed by atoms with Crippen molar-refractivity contribution in [1.82, 2.24) is 9.97 Å². The van der Waals surface area contributed by atoms with E-state index in [1.165, 1.54) is 6.07 Å². The summed E-state index contributed by atoms with van der Waals surface area (Å²) in [6, 6.07) is 4.35. The highest BCUT2D eigenvalue weighted by atomic mass is 19.1. The number of aryl methyl sites for hydroxylation is 1. The third-order valence-electron chi connectivity index (χ3n) is 2.58. The molecule has 0 aliphatic heterocycles. The van der Waals surface area contributed by atoms with Gasteiger partial charge in [-0.15, -0.1) is 0 Å². The van der Waals surface area contributed by atoms with Crippen LogP contribution in [-0.4, -0.2) is 14.9 Å². The van der Waals surface area contributed by atoms with Crippen molar-refractivity contribution in [3.8, 4) is 0 Å². The highest BCUT2D eigenvalue weighted by Crippen LogP contribution is 2.30. The molecule has 0 unspecified atom stereocenters. The highest BCUT2D eigenvalue weighted by molar-refractivity contribution is 5.73. The van der Waals surface area contributed by atoms with Crippen LogP contribution in [0.25, 0.3) is 0 Å². The van der Waals surface area contributed by atoms with Crippen LogP contribution >= 0.6 is 0 Å². The Hall–Kier alpha value is -2.81. The van der Waals surface area contributed by atoms with Crippen molar-refractivity contribution in [3.63, 3.8) is 0 Å². The van der Waals surface area contributed by atoms with Gasteiger partial charge in [-0.05, 0) is 24.6 Å². The van der Waals surface area contributed by atoms with Crippen LogP contribution in [0.5, 0.6) is 0 Å². The molecule has 0 aliphatic rings. The Labute approximate surface area is 113 Å². The number of hydrazine groups is 1. The second kappa shape index (κ2) is 5.45. The van der Waals surface area contributed by atoms with Crippen LogP contribution in [0.4, 0.5) is 27.4 Å². The maximum atomic E-state index is 13.4. The zero-order valence-electron chi connectivity index (χ0n) is 10.4. The predicted octanol–water partition coefficient (Wildman–Crippen LogP) is 1.86. The van der Waals surface area contributed by atoms with Gasteiger partial charge in [0.1, 0.15) is 12.1 Å². The van der Waals surface area contributed by atoms with Crippen molar-refractivity contribution >= 4 is 23.0 Å². The molecular formula is C11H11FN6O2. The number of aromatic nitrogens is 2. The zero-order chi connectivity index (χ0) is 14.7. The lowest BCUT2D eigenvalue weighted by molar-refractivity contribution is -0.383. The van der Waals surface area contributed by atoms with Crippen molar-refractivity contribution in [1.29, 1.82) is 0 Å². The first-order valence-electron chi connectivity index (χ1n) is 5.52. The highest BCUT2D eigenvalue weighted by Gasteiger charge is 2.22. The predicted molar refractivity (Wildman–Crippen MR) is 70.9 cm³/mol. The van der Waals surface area contributed by atoms with Crippen molar-refractivity contribution < 1.29 is 9.31 Å². The Bertz CT molecular complexity index is 663. The SMILES string of the molecule is Cc1ccc(Nc2ncnc(NN)c2[N+](=O)[O-])cc1F. The van der Waals surface area contributed by atoms with E-state index in [0.717, 1.165) is 6.33 Å². The normalized spacial score (nSPS) is 10.2. The number of nitrogens with two attached hydrogens (primary N) is 1. The first-order chi connectivity index (χ1) is 9.52. The van der Waals surface area contributed by atoms with E-state index in [1.54, 1.807) is 19.1 Å². The summed E-state index contributed by atoms with van der Waals surface area (Å²) in [6.07, 6.45) is 1.11. The Morgan fingerprint density at radius 2 is 2.05 bits per heavy atom. The van der Waals surface area contributed by atoms with Gasteiger partial charge in [0.05, 0.1) is 4.92 Å². The maximum absolute atomic E-state index is 13.4. The molecule has 0 amide bonds. The first kappa shape index (κ1) is 13.6. The van der Waals surface area contributed by atoms with E-state index >= 15 is 0 Å². The van der Waals surface area contributed by atoms with Crippen LogP contribution in [-0.2, 0) is 0 Å². The standard InChI is InChI=1S/C11H11FN6O2/c1-6-2-3-7(4-8(6)12)16-10-9(18(19)20)11(17-13)15-5-14-10/h2-5H,13H2,1H3,(H2,14,15,16,17). The van der Waals surface area contributed by atoms with Gasteiger partial charge in [0.2, 0.25) is 11.6 Å². The van der Waals surface area contributed by atoms with E-state index in [9.17, 15) is 14.5 Å². The van der Waals surface area contributed by atoms with Crippen LogP contribution < -0.4 is 16.6 Å². The van der Waals surface area contributed by atoms with Gasteiger partial charge < -0.3 is 10.7 Å². The molecule has 0 spiro atoms. The van der Waals surface area contributed by atoms with E-state index in [1.807, 2.05) is 0 Å². The lowest BCUT2D eigenvalue weighted by atomic mass is 10.2. The molecule has 0 saturated heterocycles. The number of anilines is 3. The van der Waals surface area contributed by atoms with E-state index in [-0.39, 0.29) is 11.6 Å². The molecule has 0 atom stereocenters. The first-order valence-corrected chi connectivity index (χ1v) is 5.52. The van der Waals surface area contributed by atoms with Crippen LogP contribution in [0.15, 0.2) is 24.5 Å². The summed E-state index contributed by atoms with van der Waals surface area (Å²) in [5, 5.41) is 13.7. The fourth-order valence-corrected chi connectivity index (χ4v) is 1.56. The molecule has 9 heteroatoms. The number of hydrogen-bond donors (Lipinski definition) is 3. The third-order valence-corrected chi connectivity index (χ3v) is 2.58. The molecule has 2 aromatic rings. The molecule has 0 aliphatic carbocycles. The molecule has 104 valence electrons. The minimum absolute atomic E-state index is 0.0822. The van der Waals surface area contributed by atoms with E-state index < -0.39 is 16.4 Å². The molecule has 1 heterocycles. The van der Waals surface area contributed by atoms with Crippen molar-refractivity contribution in [2.75, 3.05) is 10.7 Å². The molecule has 0 saturated carbocycles. The molecular weight excluding hydrogens is 267 g/mol. The molecule has 2 rings (SSSR count). The summed E-state index contributed by atoms with van der Waals surface area (Å²) in [7, 11) is 0. The van der Waals surface area contributed by atoms with Crippen LogP contribution in [0.2, 0.25) is 0 Å². The topological polar surface area (TPSA) is 119 Å². The minimum Gasteiger partial charge on any atom is -0.334 e. The molecule has 8 nitrogen and oxygen atoms in total. The van der Waals surface area contributed by atoms with Gasteiger partial charge in [0, 0.05) is 5.69 Å². The third kappa shape index (κ3) is 2.62. The Kier molecular flexibility index (Phi) is 3.71. The van der Waals surface area contributed by atoms with Crippen molar-refractivity contribution in [3.05, 3.63) is 46.0 Å². The van der Waals surface area contributed by atoms with E-state index in [4.69, 9.17) is 5.84 Å². The monoisotopic (exact) mass is 278 g/mol. The van der Waals surface area contributed by atoms with Gasteiger partial charge in [-0.25, -0.2) is 20.2 Å². The smallest absolute Gasteiger partial charge is 0.334 e. The van der Waals surface area contributed by atoms with Crippen molar-refractivity contribution in [2.45, 2.75) is 6.92 Å². The number of nitro groups is 1. The lowest BCUT2D eigenvalue weighted by Gasteiger charge is -2.08. The van der Waals surface area contributed by atoms with Gasteiger partial charge in [0.25, 0.3) is 0 Å². The summed E-state index contributed by atoms with van der Waals surface area (Å²) in [5.74, 6) is 4.51. The fourth-order valence-electron chi connectivity index (χ4n) is 1.56. The van der Waals surface area contributed by atoms with Crippen molar-refractivity contribution in [2.24, 2.45) is 5.84 Å². The quantitative estimate of drug-likeness (QED) is 0.443. The van der Waals surface area contributed by atoms with Crippen LogP contribution in [0, 0.1) is 22.9 Å². The summed E-state index contributed by atoms with van der Waals surface area (Å²) in [4.78, 5) is 17.8. The second-order valence-electron chi connectivity index (χ2n) is 3.91. The Balaban J connectivity index is 2.42. The average Bonchev–Trinajstić information content (AvgIpc) is 2.42. The molecule has 20 heavy (non-hydrogen) atoms. The summed E-state index contributed by atoms with van der Waals surface area (Å²) < 4.78 is 13.4. The molecule has 1 aromatic heterocycles. The van der Waals surface area contributed by atoms with Crippen LogP contribution in [0.1, 0.15) is 5.56 Å². The van der Waals surface area contributed by atoms with Crippen LogP contribution in [0.3, 0.4) is 0 Å². The van der Waals surface area contributed by atoms with Gasteiger partial charge >= 0.3 is 5.69 Å². The fraction of sp³-hybridized carbons (Fsp3) is 0.0909. The number of rotatable bonds is 4. The number of nitrogen functional groups attached to an aromatic ring is 1. The van der Waals surface area contributed by atoms with E-state index in [2.05, 4.69) is 20.7 Å². The Morgan fingerprint density at radius 1 is 1.35 bits per heavy atom. The molecule has 0 radical (unpaired) electrons. The lowest BCUT2D eigenvalue weighted by Crippen LogP contribution is -2.12.